The molecule has 0 aliphatic rings. The summed E-state index contributed by atoms with van der Waals surface area (Å²) in [6, 6.07) is 14.0. The first-order chi connectivity index (χ1) is 12.5. The van der Waals surface area contributed by atoms with Crippen molar-refractivity contribution in [2.24, 2.45) is 0 Å². The molecular weight excluding hydrogens is 334 g/mol. The van der Waals surface area contributed by atoms with Crippen molar-refractivity contribution in [3.05, 3.63) is 59.7 Å². The van der Waals surface area contributed by atoms with Crippen LogP contribution in [0.5, 0.6) is 11.5 Å². The molecule has 2 rings (SSSR count). The maximum atomic E-state index is 12.2. The summed E-state index contributed by atoms with van der Waals surface area (Å²) in [5.74, 6) is 0.436. The van der Waals surface area contributed by atoms with Gasteiger partial charge in [0.1, 0.15) is 18.1 Å². The minimum atomic E-state index is -0.978. The van der Waals surface area contributed by atoms with Crippen molar-refractivity contribution in [2.75, 3.05) is 27.3 Å². The summed E-state index contributed by atoms with van der Waals surface area (Å²) in [6.45, 7) is 0.825. The highest BCUT2D eigenvalue weighted by molar-refractivity contribution is 5.89. The molecule has 1 amide bonds. The largest absolute Gasteiger partial charge is 0.497 e. The van der Waals surface area contributed by atoms with Crippen LogP contribution in [-0.2, 0) is 11.2 Å². The van der Waals surface area contributed by atoms with Crippen molar-refractivity contribution < 1.29 is 24.2 Å². The third-order valence-corrected chi connectivity index (χ3v) is 4.04. The van der Waals surface area contributed by atoms with Gasteiger partial charge in [-0.15, -0.1) is 0 Å². The van der Waals surface area contributed by atoms with Gasteiger partial charge in [-0.25, -0.2) is 4.79 Å². The normalized spacial score (nSPS) is 10.2. The molecule has 0 fully saturated rings. The number of carboxylic acids is 1. The maximum Gasteiger partial charge on any atom is 0.335 e. The molecule has 6 heteroatoms. The van der Waals surface area contributed by atoms with Crippen LogP contribution in [0.3, 0.4) is 0 Å². The van der Waals surface area contributed by atoms with E-state index in [-0.39, 0.29) is 17.9 Å². The van der Waals surface area contributed by atoms with E-state index >= 15 is 0 Å². The fourth-order valence-corrected chi connectivity index (χ4v) is 2.48. The second-order valence-electron chi connectivity index (χ2n) is 5.80. The lowest BCUT2D eigenvalue weighted by atomic mass is 10.0. The Morgan fingerprint density at radius 2 is 1.69 bits per heavy atom. The number of hydrogen-bond donors (Lipinski definition) is 1. The van der Waals surface area contributed by atoms with Crippen LogP contribution in [0.15, 0.2) is 48.5 Å². The second-order valence-corrected chi connectivity index (χ2v) is 5.80. The van der Waals surface area contributed by atoms with Gasteiger partial charge >= 0.3 is 5.97 Å². The van der Waals surface area contributed by atoms with Crippen molar-refractivity contribution >= 4 is 11.9 Å². The summed E-state index contributed by atoms with van der Waals surface area (Å²) in [6.07, 6.45) is 0.647. The lowest BCUT2D eigenvalue weighted by Gasteiger charge is -2.18. The van der Waals surface area contributed by atoms with E-state index in [9.17, 15) is 14.7 Å². The van der Waals surface area contributed by atoms with E-state index in [1.165, 1.54) is 0 Å². The Labute approximate surface area is 153 Å². The molecule has 2 aromatic carbocycles. The average molecular weight is 357 g/mol. The van der Waals surface area contributed by atoms with E-state index in [0.29, 0.717) is 30.9 Å². The summed E-state index contributed by atoms with van der Waals surface area (Å²) in [5, 5.41) is 9.18. The Balaban J connectivity index is 1.78. The van der Waals surface area contributed by atoms with Crippen molar-refractivity contribution in [1.29, 1.82) is 0 Å². The Morgan fingerprint density at radius 3 is 2.35 bits per heavy atom. The number of carbonyl (C=O) groups excluding carboxylic acids is 1. The number of aryl methyl sites for hydroxylation is 1. The monoisotopic (exact) mass is 357 g/mol. The first kappa shape index (κ1) is 19.3. The zero-order valence-corrected chi connectivity index (χ0v) is 15.0. The lowest BCUT2D eigenvalue weighted by Crippen LogP contribution is -2.31. The molecule has 0 heterocycles. The highest BCUT2D eigenvalue weighted by atomic mass is 16.5. The molecule has 1 N–H and O–H groups in total. The number of likely N-dealkylation sites (N-methyl/N-ethyl adjacent to an activating group) is 1. The third-order valence-electron chi connectivity index (χ3n) is 4.04. The maximum absolute atomic E-state index is 12.2. The molecule has 2 aromatic rings. The van der Waals surface area contributed by atoms with E-state index in [4.69, 9.17) is 9.47 Å². The molecule has 0 aliphatic carbocycles. The minimum absolute atomic E-state index is 0.0523. The number of rotatable bonds is 9. The molecule has 0 saturated heterocycles. The van der Waals surface area contributed by atoms with Gasteiger partial charge in [0, 0.05) is 13.5 Å². The molecule has 0 radical (unpaired) electrons. The summed E-state index contributed by atoms with van der Waals surface area (Å²) in [7, 11) is 3.31. The van der Waals surface area contributed by atoms with Crippen molar-refractivity contribution in [3.8, 4) is 11.5 Å². The van der Waals surface area contributed by atoms with Crippen LogP contribution < -0.4 is 9.47 Å². The van der Waals surface area contributed by atoms with Gasteiger partial charge in [0.25, 0.3) is 0 Å². The van der Waals surface area contributed by atoms with Gasteiger partial charge in [-0.05, 0) is 42.3 Å². The summed E-state index contributed by atoms with van der Waals surface area (Å²) >= 11 is 0. The van der Waals surface area contributed by atoms with Gasteiger partial charge in [0.05, 0.1) is 19.2 Å². The van der Waals surface area contributed by atoms with Crippen LogP contribution in [0, 0.1) is 0 Å². The summed E-state index contributed by atoms with van der Waals surface area (Å²) < 4.78 is 10.7. The summed E-state index contributed by atoms with van der Waals surface area (Å²) in [5.41, 5.74) is 0.905. The highest BCUT2D eigenvalue weighted by Crippen LogP contribution is 2.17. The molecule has 0 aliphatic heterocycles. The standard InChI is InChI=1S/C20H23NO5/c1-21(13-14-26-17-10-8-16(25-2)9-11-17)19(22)12-7-15-5-3-4-6-18(15)20(23)24/h3-6,8-11H,7,12-14H2,1-2H3,(H,23,24). The van der Waals surface area contributed by atoms with E-state index in [1.54, 1.807) is 43.3 Å². The minimum Gasteiger partial charge on any atom is -0.497 e. The Morgan fingerprint density at radius 1 is 1.04 bits per heavy atom. The number of ether oxygens (including phenoxy) is 2. The molecule has 0 atom stereocenters. The van der Waals surface area contributed by atoms with Crippen LogP contribution in [0.4, 0.5) is 0 Å². The molecule has 0 unspecified atom stereocenters. The fourth-order valence-electron chi connectivity index (χ4n) is 2.48. The predicted octanol–water partition coefficient (Wildman–Crippen LogP) is 2.86. The van der Waals surface area contributed by atoms with Gasteiger partial charge < -0.3 is 19.5 Å². The summed E-state index contributed by atoms with van der Waals surface area (Å²) in [4.78, 5) is 25.0. The van der Waals surface area contributed by atoms with Gasteiger partial charge in [0.2, 0.25) is 5.91 Å². The molecule has 0 aromatic heterocycles. The quantitative estimate of drug-likeness (QED) is 0.747. The third kappa shape index (κ3) is 5.51. The van der Waals surface area contributed by atoms with Crippen LogP contribution in [0.2, 0.25) is 0 Å². The smallest absolute Gasteiger partial charge is 0.335 e. The Hall–Kier alpha value is -3.02. The molecular formula is C20H23NO5. The van der Waals surface area contributed by atoms with Crippen molar-refractivity contribution in [3.63, 3.8) is 0 Å². The first-order valence-corrected chi connectivity index (χ1v) is 8.33. The van der Waals surface area contributed by atoms with Gasteiger partial charge in [0.15, 0.2) is 0 Å². The second kappa shape index (κ2) is 9.46. The molecule has 6 nitrogen and oxygen atoms in total. The number of carboxylic acid groups (broad SMARTS) is 1. The van der Waals surface area contributed by atoms with Crippen molar-refractivity contribution in [2.45, 2.75) is 12.8 Å². The number of benzene rings is 2. The Kier molecular flexibility index (Phi) is 7.02. The molecule has 0 saturated carbocycles. The molecule has 26 heavy (non-hydrogen) atoms. The van der Waals surface area contributed by atoms with E-state index in [1.807, 2.05) is 24.3 Å². The van der Waals surface area contributed by atoms with Gasteiger partial charge in [-0.3, -0.25) is 4.79 Å². The average Bonchev–Trinajstić information content (AvgIpc) is 2.66. The van der Waals surface area contributed by atoms with Crippen molar-refractivity contribution in [1.82, 2.24) is 4.90 Å². The predicted molar refractivity (Wildman–Crippen MR) is 97.8 cm³/mol. The zero-order valence-electron chi connectivity index (χ0n) is 15.0. The number of methoxy groups -OCH3 is 1. The topological polar surface area (TPSA) is 76.1 Å². The first-order valence-electron chi connectivity index (χ1n) is 8.33. The van der Waals surface area contributed by atoms with Gasteiger partial charge in [-0.2, -0.15) is 0 Å². The number of hydrogen-bond acceptors (Lipinski definition) is 4. The Bertz CT molecular complexity index is 742. The number of nitrogens with zero attached hydrogens (tertiary/aromatic N) is 1. The van der Waals surface area contributed by atoms with Gasteiger partial charge in [-0.1, -0.05) is 18.2 Å². The van der Waals surface area contributed by atoms with E-state index in [2.05, 4.69) is 0 Å². The lowest BCUT2D eigenvalue weighted by molar-refractivity contribution is -0.130. The van der Waals surface area contributed by atoms with Crippen LogP contribution >= 0.6 is 0 Å². The zero-order chi connectivity index (χ0) is 18.9. The SMILES string of the molecule is COc1ccc(OCCN(C)C(=O)CCc2ccccc2C(=O)O)cc1. The van der Waals surface area contributed by atoms with E-state index < -0.39 is 5.97 Å². The number of carbonyl (C=O) groups is 2. The molecule has 0 spiro atoms. The van der Waals surface area contributed by atoms with E-state index in [0.717, 1.165) is 5.75 Å². The molecule has 138 valence electrons. The van der Waals surface area contributed by atoms with Crippen LogP contribution in [-0.4, -0.2) is 49.2 Å². The number of amides is 1. The number of aromatic carboxylic acids is 1. The molecule has 0 bridgehead atoms. The highest BCUT2D eigenvalue weighted by Gasteiger charge is 2.13. The van der Waals surface area contributed by atoms with Crippen LogP contribution in [0.25, 0.3) is 0 Å². The fraction of sp³-hybridized carbons (Fsp3) is 0.300. The van der Waals surface area contributed by atoms with Crippen LogP contribution in [0.1, 0.15) is 22.3 Å².